The highest BCUT2D eigenvalue weighted by Gasteiger charge is 2.51. The minimum absolute atomic E-state index is 0.117. The summed E-state index contributed by atoms with van der Waals surface area (Å²) in [7, 11) is 0. The summed E-state index contributed by atoms with van der Waals surface area (Å²) in [6, 6.07) is 1.72. The van der Waals surface area contributed by atoms with Crippen LogP contribution in [0.15, 0.2) is 18.5 Å². The number of nitrogens with zero attached hydrogens (tertiary/aromatic N) is 3. The van der Waals surface area contributed by atoms with E-state index in [1.807, 2.05) is 6.92 Å². The van der Waals surface area contributed by atoms with Crippen molar-refractivity contribution in [2.24, 2.45) is 0 Å². The summed E-state index contributed by atoms with van der Waals surface area (Å²) < 4.78 is 0. The number of carbonyl (C=O) groups excluding carboxylic acids is 2. The van der Waals surface area contributed by atoms with Crippen LogP contribution in [0.3, 0.4) is 0 Å². The fourth-order valence-electron chi connectivity index (χ4n) is 2.31. The van der Waals surface area contributed by atoms with E-state index in [-0.39, 0.29) is 18.4 Å². The maximum atomic E-state index is 12.6. The van der Waals surface area contributed by atoms with Gasteiger partial charge in [0.2, 0.25) is 11.8 Å². The second-order valence-corrected chi connectivity index (χ2v) is 5.76. The smallest absolute Gasteiger partial charge is 0.249 e. The molecule has 0 saturated carbocycles. The molecule has 108 valence electrons. The molecule has 1 aliphatic rings. The molecule has 0 aromatic carbocycles. The first-order valence-electron chi connectivity index (χ1n) is 6.72. The molecule has 1 saturated heterocycles. The van der Waals surface area contributed by atoms with Crippen LogP contribution in [-0.2, 0) is 16.1 Å². The van der Waals surface area contributed by atoms with E-state index in [2.05, 4.69) is 15.3 Å². The Kier molecular flexibility index (Phi) is 3.50. The molecular weight excluding hydrogens is 256 g/mol. The summed E-state index contributed by atoms with van der Waals surface area (Å²) in [5, 5.41) is 2.79. The molecule has 1 N–H and O–H groups in total. The molecule has 1 fully saturated rings. The average Bonchev–Trinajstić information content (AvgIpc) is 2.42. The third-order valence-corrected chi connectivity index (χ3v) is 3.90. The molecule has 2 heterocycles. The van der Waals surface area contributed by atoms with Crippen molar-refractivity contribution in [3.05, 3.63) is 24.3 Å². The van der Waals surface area contributed by atoms with Gasteiger partial charge in [-0.3, -0.25) is 9.59 Å². The Hall–Kier alpha value is -1.98. The van der Waals surface area contributed by atoms with Gasteiger partial charge in [-0.1, -0.05) is 6.92 Å². The fraction of sp³-hybridized carbons (Fsp3) is 0.571. The predicted molar refractivity (Wildman–Crippen MR) is 73.5 cm³/mol. The zero-order valence-electron chi connectivity index (χ0n) is 12.3. The molecule has 20 heavy (non-hydrogen) atoms. The van der Waals surface area contributed by atoms with Gasteiger partial charge in [0.05, 0.1) is 6.54 Å². The van der Waals surface area contributed by atoms with Gasteiger partial charge in [-0.15, -0.1) is 0 Å². The minimum Gasteiger partial charge on any atom is -0.340 e. The molecule has 0 aliphatic carbocycles. The number of hydrogen-bond donors (Lipinski definition) is 1. The van der Waals surface area contributed by atoms with Crippen molar-refractivity contribution in [3.8, 4) is 0 Å². The molecule has 6 heteroatoms. The van der Waals surface area contributed by atoms with Crippen LogP contribution in [0.5, 0.6) is 0 Å². The Morgan fingerprint density at radius 2 is 1.80 bits per heavy atom. The van der Waals surface area contributed by atoms with Crippen LogP contribution in [0.2, 0.25) is 0 Å². The number of amides is 2. The lowest BCUT2D eigenvalue weighted by molar-refractivity contribution is -0.162. The van der Waals surface area contributed by atoms with Crippen LogP contribution >= 0.6 is 0 Å². The maximum Gasteiger partial charge on any atom is 0.249 e. The van der Waals surface area contributed by atoms with Crippen molar-refractivity contribution >= 4 is 11.8 Å². The molecule has 0 spiro atoms. The summed E-state index contributed by atoms with van der Waals surface area (Å²) in [5.41, 5.74) is -1.77. The molecular formula is C14H20N4O2. The third-order valence-electron chi connectivity index (χ3n) is 3.90. The minimum atomic E-state index is -0.902. The van der Waals surface area contributed by atoms with E-state index >= 15 is 0 Å². The Morgan fingerprint density at radius 3 is 2.35 bits per heavy atom. The Morgan fingerprint density at radius 1 is 1.20 bits per heavy atom. The molecule has 0 radical (unpaired) electrons. The fourth-order valence-corrected chi connectivity index (χ4v) is 2.31. The third kappa shape index (κ3) is 2.26. The van der Waals surface area contributed by atoms with E-state index in [9.17, 15) is 9.59 Å². The second-order valence-electron chi connectivity index (χ2n) is 5.76. The van der Waals surface area contributed by atoms with Crippen LogP contribution in [-0.4, -0.2) is 37.8 Å². The van der Waals surface area contributed by atoms with Crippen LogP contribution in [0.4, 0.5) is 0 Å². The molecule has 1 unspecified atom stereocenters. The number of hydrogen-bond acceptors (Lipinski definition) is 4. The zero-order valence-corrected chi connectivity index (χ0v) is 12.3. The second kappa shape index (κ2) is 4.85. The summed E-state index contributed by atoms with van der Waals surface area (Å²) in [6.07, 6.45) is 3.80. The van der Waals surface area contributed by atoms with Crippen molar-refractivity contribution in [2.75, 3.05) is 0 Å². The lowest BCUT2D eigenvalue weighted by Gasteiger charge is -2.48. The lowest BCUT2D eigenvalue weighted by Crippen LogP contribution is -2.72. The Labute approximate surface area is 118 Å². The van der Waals surface area contributed by atoms with Gasteiger partial charge < -0.3 is 10.2 Å². The summed E-state index contributed by atoms with van der Waals surface area (Å²) in [4.78, 5) is 34.9. The molecule has 6 nitrogen and oxygen atoms in total. The van der Waals surface area contributed by atoms with Crippen LogP contribution in [0.1, 0.15) is 39.9 Å². The van der Waals surface area contributed by atoms with E-state index in [1.165, 1.54) is 0 Å². The van der Waals surface area contributed by atoms with Gasteiger partial charge >= 0.3 is 0 Å². The quantitative estimate of drug-likeness (QED) is 0.889. The van der Waals surface area contributed by atoms with E-state index in [0.29, 0.717) is 12.2 Å². The van der Waals surface area contributed by atoms with Gasteiger partial charge in [0.1, 0.15) is 16.9 Å². The normalized spacial score (nSPS) is 25.5. The van der Waals surface area contributed by atoms with Crippen molar-refractivity contribution in [2.45, 2.75) is 51.7 Å². The molecule has 1 aromatic heterocycles. The Bertz CT molecular complexity index is 529. The first-order chi connectivity index (χ1) is 9.31. The van der Waals surface area contributed by atoms with Gasteiger partial charge in [0, 0.05) is 12.4 Å². The van der Waals surface area contributed by atoms with E-state index in [4.69, 9.17) is 0 Å². The maximum absolute atomic E-state index is 12.6. The molecule has 0 bridgehead atoms. The van der Waals surface area contributed by atoms with Crippen LogP contribution in [0, 0.1) is 0 Å². The van der Waals surface area contributed by atoms with Crippen molar-refractivity contribution < 1.29 is 9.59 Å². The number of nitrogens with one attached hydrogen (secondary N) is 1. The molecule has 1 aromatic rings. The van der Waals surface area contributed by atoms with E-state index < -0.39 is 11.1 Å². The van der Waals surface area contributed by atoms with Gasteiger partial charge in [0.15, 0.2) is 0 Å². The standard InChI is InChI=1S/C14H20N4O2/c1-5-14(4)11(19)17-13(2,3)12(20)18(14)9-10-15-7-6-8-16-10/h6-8H,5,9H2,1-4H3,(H,17,19). The van der Waals surface area contributed by atoms with Crippen LogP contribution < -0.4 is 5.32 Å². The molecule has 1 atom stereocenters. The number of rotatable bonds is 3. The molecule has 2 amide bonds. The van der Waals surface area contributed by atoms with Gasteiger partial charge in [-0.05, 0) is 33.3 Å². The lowest BCUT2D eigenvalue weighted by atomic mass is 9.86. The highest BCUT2D eigenvalue weighted by atomic mass is 16.2. The van der Waals surface area contributed by atoms with Crippen molar-refractivity contribution in [3.63, 3.8) is 0 Å². The van der Waals surface area contributed by atoms with Crippen molar-refractivity contribution in [1.29, 1.82) is 0 Å². The first kappa shape index (κ1) is 14.4. The molecule has 1 aliphatic heterocycles. The predicted octanol–water partition coefficient (Wildman–Crippen LogP) is 0.882. The van der Waals surface area contributed by atoms with E-state index in [0.717, 1.165) is 0 Å². The number of aromatic nitrogens is 2. The van der Waals surface area contributed by atoms with Gasteiger partial charge in [0.25, 0.3) is 0 Å². The van der Waals surface area contributed by atoms with E-state index in [1.54, 1.807) is 44.1 Å². The average molecular weight is 276 g/mol. The monoisotopic (exact) mass is 276 g/mol. The van der Waals surface area contributed by atoms with Gasteiger partial charge in [-0.2, -0.15) is 0 Å². The Balaban J connectivity index is 2.38. The largest absolute Gasteiger partial charge is 0.340 e. The zero-order chi connectivity index (χ0) is 15.0. The van der Waals surface area contributed by atoms with Gasteiger partial charge in [-0.25, -0.2) is 9.97 Å². The highest BCUT2D eigenvalue weighted by Crippen LogP contribution is 2.29. The topological polar surface area (TPSA) is 75.2 Å². The van der Waals surface area contributed by atoms with Crippen molar-refractivity contribution in [1.82, 2.24) is 20.2 Å². The summed E-state index contributed by atoms with van der Waals surface area (Å²) >= 11 is 0. The van der Waals surface area contributed by atoms with Crippen LogP contribution in [0.25, 0.3) is 0 Å². The summed E-state index contributed by atoms with van der Waals surface area (Å²) in [6.45, 7) is 7.33. The summed E-state index contributed by atoms with van der Waals surface area (Å²) in [5.74, 6) is 0.278. The number of piperazine rings is 1. The first-order valence-corrected chi connectivity index (χ1v) is 6.72. The molecule has 2 rings (SSSR count). The number of carbonyl (C=O) groups is 2. The SMILES string of the molecule is CCC1(C)C(=O)NC(C)(C)C(=O)N1Cc1ncccn1. The highest BCUT2D eigenvalue weighted by molar-refractivity contribution is 6.01.